The Kier molecular flexibility index (Phi) is 8.07. The van der Waals surface area contributed by atoms with Gasteiger partial charge in [-0.15, -0.1) is 0 Å². The Morgan fingerprint density at radius 2 is 2.10 bits per heavy atom. The molecule has 3 N–H and O–H groups in total. The van der Waals surface area contributed by atoms with Crippen molar-refractivity contribution in [2.75, 3.05) is 44.8 Å². The van der Waals surface area contributed by atoms with Crippen LogP contribution in [0.4, 0.5) is 5.69 Å². The molecule has 2 aliphatic heterocycles. The lowest BCUT2D eigenvalue weighted by Gasteiger charge is -2.29. The van der Waals surface area contributed by atoms with Crippen LogP contribution >= 0.6 is 23.4 Å². The molecule has 2 heterocycles. The Hall–Kier alpha value is -2.16. The second-order valence-electron chi connectivity index (χ2n) is 7.06. The molecule has 0 aliphatic carbocycles. The van der Waals surface area contributed by atoms with Gasteiger partial charge in [0.2, 0.25) is 0 Å². The minimum atomic E-state index is -0.811. The summed E-state index contributed by atoms with van der Waals surface area (Å²) in [4.78, 5) is 17.6. The molecule has 1 aromatic carbocycles. The quantitative estimate of drug-likeness (QED) is 0.588. The third kappa shape index (κ3) is 6.17. The van der Waals surface area contributed by atoms with Gasteiger partial charge in [-0.3, -0.25) is 9.79 Å². The summed E-state index contributed by atoms with van der Waals surface area (Å²) in [5, 5.41) is 16.6. The molecule has 1 fully saturated rings. The standard InChI is InChI=1S/C21H27ClN4O3S/c1-14(11-19(27)28)30-21-24-13-16(25-21)12-18(22)20(23-2)15-3-5-17(6-4-15)26-7-9-29-10-8-26/h3-6,12,14,23H,7-11,13H2,1-2H3,(H,24,25)(H,27,28)/b16-12+,20-18+. The number of hydrogen-bond donors (Lipinski definition) is 3. The van der Waals surface area contributed by atoms with Crippen molar-refractivity contribution in [2.45, 2.75) is 18.6 Å². The molecule has 0 spiro atoms. The molecule has 162 valence electrons. The Labute approximate surface area is 186 Å². The first-order chi connectivity index (χ1) is 14.5. The molecule has 1 unspecified atom stereocenters. The van der Waals surface area contributed by atoms with Crippen molar-refractivity contribution in [3.05, 3.63) is 46.6 Å². The van der Waals surface area contributed by atoms with E-state index >= 15 is 0 Å². The molecule has 30 heavy (non-hydrogen) atoms. The highest BCUT2D eigenvalue weighted by molar-refractivity contribution is 8.14. The van der Waals surface area contributed by atoms with Crippen molar-refractivity contribution in [2.24, 2.45) is 4.99 Å². The van der Waals surface area contributed by atoms with Gasteiger partial charge in [-0.05, 0) is 23.8 Å². The normalized spacial score (nSPS) is 19.8. The molecule has 0 aromatic heterocycles. The molecular weight excluding hydrogens is 424 g/mol. The molecule has 9 heteroatoms. The van der Waals surface area contributed by atoms with E-state index in [-0.39, 0.29) is 11.7 Å². The first kappa shape index (κ1) is 22.5. The molecule has 1 aromatic rings. The maximum atomic E-state index is 10.8. The number of amidine groups is 1. The fraction of sp³-hybridized carbons (Fsp3) is 0.429. The number of halogens is 1. The number of carboxylic acid groups (broad SMARTS) is 1. The van der Waals surface area contributed by atoms with E-state index in [1.54, 1.807) is 0 Å². The molecule has 2 aliphatic rings. The maximum absolute atomic E-state index is 10.8. The second-order valence-corrected chi connectivity index (χ2v) is 8.90. The van der Waals surface area contributed by atoms with Crippen LogP contribution in [0.1, 0.15) is 18.9 Å². The van der Waals surface area contributed by atoms with Crippen LogP contribution in [-0.2, 0) is 9.53 Å². The molecule has 3 rings (SSSR count). The van der Waals surface area contributed by atoms with Gasteiger partial charge in [0.15, 0.2) is 5.17 Å². The van der Waals surface area contributed by atoms with Crippen molar-refractivity contribution in [3.63, 3.8) is 0 Å². The number of hydrogen-bond acceptors (Lipinski definition) is 7. The van der Waals surface area contributed by atoms with Crippen LogP contribution in [0.2, 0.25) is 0 Å². The number of anilines is 1. The minimum absolute atomic E-state index is 0.0584. The lowest BCUT2D eigenvalue weighted by molar-refractivity contribution is -0.136. The van der Waals surface area contributed by atoms with E-state index in [0.29, 0.717) is 11.6 Å². The number of carbonyl (C=O) groups is 1. The van der Waals surface area contributed by atoms with E-state index in [1.165, 1.54) is 17.4 Å². The molecule has 0 saturated carbocycles. The number of ether oxygens (including phenoxy) is 1. The molecule has 0 radical (unpaired) electrons. The van der Waals surface area contributed by atoms with Crippen LogP contribution in [0, 0.1) is 0 Å². The summed E-state index contributed by atoms with van der Waals surface area (Å²) in [6.07, 6.45) is 1.96. The highest BCUT2D eigenvalue weighted by Crippen LogP contribution is 2.25. The van der Waals surface area contributed by atoms with Crippen LogP contribution in [0.3, 0.4) is 0 Å². The van der Waals surface area contributed by atoms with Gasteiger partial charge in [0.1, 0.15) is 0 Å². The average Bonchev–Trinajstić information content (AvgIpc) is 3.15. The van der Waals surface area contributed by atoms with E-state index in [0.717, 1.165) is 48.4 Å². The van der Waals surface area contributed by atoms with E-state index < -0.39 is 5.97 Å². The Morgan fingerprint density at radius 1 is 1.40 bits per heavy atom. The number of nitrogens with one attached hydrogen (secondary N) is 2. The van der Waals surface area contributed by atoms with Crippen LogP contribution in [0.15, 0.2) is 46.1 Å². The monoisotopic (exact) mass is 450 g/mol. The maximum Gasteiger partial charge on any atom is 0.304 e. The van der Waals surface area contributed by atoms with Crippen molar-refractivity contribution >= 4 is 45.9 Å². The van der Waals surface area contributed by atoms with Gasteiger partial charge in [-0.1, -0.05) is 42.4 Å². The number of carboxylic acids is 1. The summed E-state index contributed by atoms with van der Waals surface area (Å²) in [6.45, 7) is 5.68. The number of morpholine rings is 1. The highest BCUT2D eigenvalue weighted by atomic mass is 35.5. The zero-order chi connectivity index (χ0) is 21.5. The number of aliphatic carboxylic acids is 1. The zero-order valence-corrected chi connectivity index (χ0v) is 18.7. The van der Waals surface area contributed by atoms with Gasteiger partial charge in [0, 0.05) is 36.8 Å². The Morgan fingerprint density at radius 3 is 2.73 bits per heavy atom. The number of aliphatic imine (C=N–C) groups is 1. The van der Waals surface area contributed by atoms with Crippen LogP contribution in [0.5, 0.6) is 0 Å². The van der Waals surface area contributed by atoms with Crippen LogP contribution < -0.4 is 15.5 Å². The SMILES string of the molecule is CN/C(=C(Cl)\C=C1/CN=C(SC(C)CC(=O)O)N1)c1ccc(N2CCOCC2)cc1. The van der Waals surface area contributed by atoms with Gasteiger partial charge < -0.3 is 25.4 Å². The fourth-order valence-corrected chi connectivity index (χ4v) is 4.56. The Balaban J connectivity index is 1.66. The molecule has 1 saturated heterocycles. The van der Waals surface area contributed by atoms with Crippen molar-refractivity contribution in [1.29, 1.82) is 0 Å². The number of allylic oxidation sites excluding steroid dienone is 2. The van der Waals surface area contributed by atoms with E-state index in [9.17, 15) is 4.79 Å². The molecule has 0 amide bonds. The van der Waals surface area contributed by atoms with Crippen LogP contribution in [0.25, 0.3) is 5.70 Å². The number of rotatable bonds is 7. The van der Waals surface area contributed by atoms with E-state index in [2.05, 4.69) is 44.8 Å². The van der Waals surface area contributed by atoms with Crippen LogP contribution in [-0.4, -0.2) is 61.4 Å². The number of thioether (sulfide) groups is 1. The van der Waals surface area contributed by atoms with Crippen molar-refractivity contribution in [3.8, 4) is 0 Å². The Bertz CT molecular complexity index is 848. The first-order valence-electron chi connectivity index (χ1n) is 9.87. The largest absolute Gasteiger partial charge is 0.481 e. The minimum Gasteiger partial charge on any atom is -0.481 e. The summed E-state index contributed by atoms with van der Waals surface area (Å²) in [7, 11) is 1.85. The second kappa shape index (κ2) is 10.7. The van der Waals surface area contributed by atoms with Crippen molar-refractivity contribution in [1.82, 2.24) is 10.6 Å². The zero-order valence-electron chi connectivity index (χ0n) is 17.2. The van der Waals surface area contributed by atoms with Gasteiger partial charge in [0.25, 0.3) is 0 Å². The highest BCUT2D eigenvalue weighted by Gasteiger charge is 2.17. The molecular formula is C21H27ClN4O3S. The summed E-state index contributed by atoms with van der Waals surface area (Å²) in [5.74, 6) is -0.811. The predicted octanol–water partition coefficient (Wildman–Crippen LogP) is 3.09. The average molecular weight is 451 g/mol. The van der Waals surface area contributed by atoms with E-state index in [1.807, 2.05) is 20.0 Å². The number of nitrogens with zero attached hydrogens (tertiary/aromatic N) is 2. The predicted molar refractivity (Wildman–Crippen MR) is 124 cm³/mol. The van der Waals surface area contributed by atoms with E-state index in [4.69, 9.17) is 21.4 Å². The van der Waals surface area contributed by atoms with Crippen molar-refractivity contribution < 1.29 is 14.6 Å². The summed E-state index contributed by atoms with van der Waals surface area (Å²) in [5.41, 5.74) is 3.89. The smallest absolute Gasteiger partial charge is 0.304 e. The molecule has 7 nitrogen and oxygen atoms in total. The molecule has 1 atom stereocenters. The summed E-state index contributed by atoms with van der Waals surface area (Å²) in [6, 6.07) is 8.32. The van der Waals surface area contributed by atoms with Gasteiger partial charge in [0.05, 0.1) is 36.9 Å². The summed E-state index contributed by atoms with van der Waals surface area (Å²) >= 11 is 8.03. The molecule has 0 bridgehead atoms. The number of benzene rings is 1. The van der Waals surface area contributed by atoms with Gasteiger partial charge in [-0.2, -0.15) is 0 Å². The van der Waals surface area contributed by atoms with Gasteiger partial charge >= 0.3 is 5.97 Å². The first-order valence-corrected chi connectivity index (χ1v) is 11.1. The third-order valence-corrected chi connectivity index (χ3v) is 6.08. The fourth-order valence-electron chi connectivity index (χ4n) is 3.29. The third-order valence-electron chi connectivity index (χ3n) is 4.76. The lowest BCUT2D eigenvalue weighted by Crippen LogP contribution is -2.36. The lowest BCUT2D eigenvalue weighted by atomic mass is 10.1. The summed E-state index contributed by atoms with van der Waals surface area (Å²) < 4.78 is 5.41. The van der Waals surface area contributed by atoms with Gasteiger partial charge in [-0.25, -0.2) is 0 Å². The topological polar surface area (TPSA) is 86.2 Å².